The quantitative estimate of drug-likeness (QED) is 0.604. The van der Waals surface area contributed by atoms with Crippen molar-refractivity contribution in [2.75, 3.05) is 42.2 Å². The summed E-state index contributed by atoms with van der Waals surface area (Å²) in [6, 6.07) is 14.3. The maximum atomic E-state index is 12.8. The number of nitrogens with zero attached hydrogens (tertiary/aromatic N) is 2. The Labute approximate surface area is 184 Å². The SMILES string of the molecule is CCCN(CCC)C(=O)c1cccc(NCC(=O)Nc2ccc(N(C)C(C)=O)cc2)c1. The van der Waals surface area contributed by atoms with Gasteiger partial charge < -0.3 is 20.4 Å². The Hall–Kier alpha value is -3.35. The van der Waals surface area contributed by atoms with Gasteiger partial charge in [0.1, 0.15) is 0 Å². The third kappa shape index (κ3) is 7.13. The lowest BCUT2D eigenvalue weighted by Crippen LogP contribution is -2.32. The van der Waals surface area contributed by atoms with Crippen molar-refractivity contribution in [2.45, 2.75) is 33.6 Å². The number of hydrogen-bond donors (Lipinski definition) is 2. The summed E-state index contributed by atoms with van der Waals surface area (Å²) in [5.41, 5.74) is 2.72. The molecule has 0 fully saturated rings. The number of carbonyl (C=O) groups excluding carboxylic acids is 3. The molecule has 7 nitrogen and oxygen atoms in total. The van der Waals surface area contributed by atoms with Crippen molar-refractivity contribution < 1.29 is 14.4 Å². The predicted octanol–water partition coefficient (Wildman–Crippen LogP) is 3.98. The molecule has 2 N–H and O–H groups in total. The first-order valence-electron chi connectivity index (χ1n) is 10.6. The second-order valence-electron chi connectivity index (χ2n) is 7.40. The van der Waals surface area contributed by atoms with Gasteiger partial charge in [-0.3, -0.25) is 14.4 Å². The molecule has 7 heteroatoms. The molecule has 0 saturated heterocycles. The van der Waals surface area contributed by atoms with Crippen LogP contribution in [0.2, 0.25) is 0 Å². The molecule has 0 aromatic heterocycles. The summed E-state index contributed by atoms with van der Waals surface area (Å²) in [4.78, 5) is 39.9. The molecule has 0 atom stereocenters. The molecule has 2 aromatic rings. The highest BCUT2D eigenvalue weighted by Crippen LogP contribution is 2.17. The van der Waals surface area contributed by atoms with Crippen molar-refractivity contribution in [3.05, 3.63) is 54.1 Å². The number of amides is 3. The van der Waals surface area contributed by atoms with E-state index < -0.39 is 0 Å². The van der Waals surface area contributed by atoms with Gasteiger partial charge in [0.05, 0.1) is 6.54 Å². The third-order valence-electron chi connectivity index (χ3n) is 4.85. The van der Waals surface area contributed by atoms with Gasteiger partial charge >= 0.3 is 0 Å². The Balaban J connectivity index is 1.94. The molecule has 166 valence electrons. The Bertz CT molecular complexity index is 890. The van der Waals surface area contributed by atoms with Crippen molar-refractivity contribution in [1.29, 1.82) is 0 Å². The van der Waals surface area contributed by atoms with Gasteiger partial charge in [-0.2, -0.15) is 0 Å². The predicted molar refractivity (Wildman–Crippen MR) is 126 cm³/mol. The van der Waals surface area contributed by atoms with Crippen LogP contribution < -0.4 is 15.5 Å². The second-order valence-corrected chi connectivity index (χ2v) is 7.40. The fraction of sp³-hybridized carbons (Fsp3) is 0.375. The van der Waals surface area contributed by atoms with Gasteiger partial charge in [0, 0.05) is 49.7 Å². The van der Waals surface area contributed by atoms with E-state index in [1.807, 2.05) is 17.0 Å². The van der Waals surface area contributed by atoms with Gasteiger partial charge in [-0.05, 0) is 55.3 Å². The smallest absolute Gasteiger partial charge is 0.253 e. The minimum atomic E-state index is -0.206. The lowest BCUT2D eigenvalue weighted by molar-refractivity contribution is -0.116. The molecule has 0 unspecified atom stereocenters. The van der Waals surface area contributed by atoms with Crippen LogP contribution in [0.15, 0.2) is 48.5 Å². The summed E-state index contributed by atoms with van der Waals surface area (Å²) in [5, 5.41) is 5.89. The van der Waals surface area contributed by atoms with Gasteiger partial charge in [0.2, 0.25) is 11.8 Å². The Morgan fingerprint density at radius 2 is 1.55 bits per heavy atom. The molecule has 0 spiro atoms. The second kappa shape index (κ2) is 11.7. The Morgan fingerprint density at radius 1 is 0.903 bits per heavy atom. The number of rotatable bonds is 10. The van der Waals surface area contributed by atoms with E-state index in [2.05, 4.69) is 24.5 Å². The third-order valence-corrected chi connectivity index (χ3v) is 4.85. The standard InChI is InChI=1S/C24H32N4O3/c1-5-14-28(15-6-2)24(31)19-8-7-9-21(16-19)25-17-23(30)26-20-10-12-22(13-11-20)27(4)18(3)29/h7-13,16,25H,5-6,14-15,17H2,1-4H3,(H,26,30). The highest BCUT2D eigenvalue weighted by atomic mass is 16.2. The van der Waals surface area contributed by atoms with Crippen molar-refractivity contribution in [2.24, 2.45) is 0 Å². The highest BCUT2D eigenvalue weighted by Gasteiger charge is 2.14. The van der Waals surface area contributed by atoms with Crippen LogP contribution in [0.1, 0.15) is 44.0 Å². The van der Waals surface area contributed by atoms with E-state index in [-0.39, 0.29) is 24.3 Å². The zero-order valence-electron chi connectivity index (χ0n) is 18.8. The molecule has 0 radical (unpaired) electrons. The van der Waals surface area contributed by atoms with Crippen LogP contribution in [0.3, 0.4) is 0 Å². The van der Waals surface area contributed by atoms with Crippen molar-refractivity contribution >= 4 is 34.8 Å². The summed E-state index contributed by atoms with van der Waals surface area (Å²) in [7, 11) is 1.70. The zero-order chi connectivity index (χ0) is 22.8. The van der Waals surface area contributed by atoms with E-state index in [0.29, 0.717) is 16.9 Å². The first-order valence-corrected chi connectivity index (χ1v) is 10.6. The molecule has 0 saturated carbocycles. The normalized spacial score (nSPS) is 10.3. The molecule has 0 aliphatic heterocycles. The number of anilines is 3. The lowest BCUT2D eigenvalue weighted by Gasteiger charge is -2.21. The van der Waals surface area contributed by atoms with E-state index in [1.165, 1.54) is 11.8 Å². The zero-order valence-corrected chi connectivity index (χ0v) is 18.8. The fourth-order valence-electron chi connectivity index (χ4n) is 3.14. The molecule has 2 rings (SSSR count). The van der Waals surface area contributed by atoms with E-state index in [0.717, 1.165) is 31.6 Å². The Morgan fingerprint density at radius 3 is 2.13 bits per heavy atom. The largest absolute Gasteiger partial charge is 0.376 e. The van der Waals surface area contributed by atoms with Gasteiger partial charge in [-0.15, -0.1) is 0 Å². The first kappa shape index (κ1) is 23.9. The van der Waals surface area contributed by atoms with E-state index in [9.17, 15) is 14.4 Å². The number of carbonyl (C=O) groups is 3. The van der Waals surface area contributed by atoms with Crippen LogP contribution in [0.25, 0.3) is 0 Å². The summed E-state index contributed by atoms with van der Waals surface area (Å²) in [5.74, 6) is -0.260. The van der Waals surface area contributed by atoms with Crippen LogP contribution in [0, 0.1) is 0 Å². The maximum absolute atomic E-state index is 12.8. The average molecular weight is 425 g/mol. The number of benzene rings is 2. The van der Waals surface area contributed by atoms with E-state index in [1.54, 1.807) is 43.4 Å². The topological polar surface area (TPSA) is 81.8 Å². The molecule has 0 aliphatic rings. The van der Waals surface area contributed by atoms with E-state index in [4.69, 9.17) is 0 Å². The van der Waals surface area contributed by atoms with Crippen LogP contribution in [-0.4, -0.2) is 49.3 Å². The lowest BCUT2D eigenvalue weighted by atomic mass is 10.1. The summed E-state index contributed by atoms with van der Waals surface area (Å²) in [6.45, 7) is 7.14. The van der Waals surface area contributed by atoms with Gasteiger partial charge in [0.15, 0.2) is 0 Å². The summed E-state index contributed by atoms with van der Waals surface area (Å²) < 4.78 is 0. The number of nitrogens with one attached hydrogen (secondary N) is 2. The molecular weight excluding hydrogens is 392 g/mol. The maximum Gasteiger partial charge on any atom is 0.253 e. The summed E-state index contributed by atoms with van der Waals surface area (Å²) in [6.07, 6.45) is 1.83. The summed E-state index contributed by atoms with van der Waals surface area (Å²) >= 11 is 0. The fourth-order valence-corrected chi connectivity index (χ4v) is 3.14. The van der Waals surface area contributed by atoms with Crippen LogP contribution in [-0.2, 0) is 9.59 Å². The van der Waals surface area contributed by atoms with E-state index >= 15 is 0 Å². The molecule has 2 aromatic carbocycles. The Kier molecular flexibility index (Phi) is 9.06. The minimum absolute atomic E-state index is 0.00687. The first-order chi connectivity index (χ1) is 14.8. The van der Waals surface area contributed by atoms with Gasteiger partial charge in [-0.25, -0.2) is 0 Å². The molecule has 3 amide bonds. The average Bonchev–Trinajstić information content (AvgIpc) is 2.77. The molecular formula is C24H32N4O3. The highest BCUT2D eigenvalue weighted by molar-refractivity contribution is 5.96. The number of hydrogen-bond acceptors (Lipinski definition) is 4. The van der Waals surface area contributed by atoms with Crippen molar-refractivity contribution in [1.82, 2.24) is 4.90 Å². The molecule has 0 bridgehead atoms. The van der Waals surface area contributed by atoms with Gasteiger partial charge in [-0.1, -0.05) is 19.9 Å². The molecule has 0 aliphatic carbocycles. The van der Waals surface area contributed by atoms with Crippen molar-refractivity contribution in [3.8, 4) is 0 Å². The molecule has 31 heavy (non-hydrogen) atoms. The minimum Gasteiger partial charge on any atom is -0.376 e. The van der Waals surface area contributed by atoms with Crippen molar-refractivity contribution in [3.63, 3.8) is 0 Å². The van der Waals surface area contributed by atoms with Crippen LogP contribution >= 0.6 is 0 Å². The van der Waals surface area contributed by atoms with Gasteiger partial charge in [0.25, 0.3) is 5.91 Å². The monoisotopic (exact) mass is 424 g/mol. The van der Waals surface area contributed by atoms with Crippen LogP contribution in [0.5, 0.6) is 0 Å². The van der Waals surface area contributed by atoms with Crippen LogP contribution in [0.4, 0.5) is 17.1 Å². The molecule has 0 heterocycles.